The molecule has 260 valence electrons. The van der Waals surface area contributed by atoms with E-state index in [1.807, 2.05) is 18.2 Å². The second-order valence-electron chi connectivity index (χ2n) is 13.0. The number of ether oxygens (including phenoxy) is 2. The van der Waals surface area contributed by atoms with Gasteiger partial charge in [-0.1, -0.05) is 121 Å². The Bertz CT molecular complexity index is 874. The summed E-state index contributed by atoms with van der Waals surface area (Å²) in [4.78, 5) is 12.8. The zero-order valence-electron chi connectivity index (χ0n) is 27.9. The molecule has 1 aliphatic heterocycles. The van der Waals surface area contributed by atoms with Crippen LogP contribution in [-0.2, 0) is 20.7 Å². The number of aryl methyl sites for hydroxylation is 1. The Morgan fingerprint density at radius 2 is 1.38 bits per heavy atom. The van der Waals surface area contributed by atoms with Gasteiger partial charge in [-0.3, -0.25) is 4.79 Å². The summed E-state index contributed by atoms with van der Waals surface area (Å²) in [5.74, 6) is -0.256. The van der Waals surface area contributed by atoms with Crippen molar-refractivity contribution < 1.29 is 39.8 Å². The fraction of sp³-hybridized carbons (Fsp3) is 0.806. The summed E-state index contributed by atoms with van der Waals surface area (Å²) in [6.45, 7) is 3.55. The van der Waals surface area contributed by atoms with Gasteiger partial charge < -0.3 is 40.3 Å². The Morgan fingerprint density at radius 3 is 2.00 bits per heavy atom. The number of carbonyl (C=O) groups is 1. The summed E-state index contributed by atoms with van der Waals surface area (Å²) in [5.41, 5.74) is 1.27. The Morgan fingerprint density at radius 1 is 0.800 bits per heavy atom. The molecule has 9 nitrogen and oxygen atoms in total. The number of rotatable bonds is 25. The number of hydrogen-bond donors (Lipinski definition) is 6. The highest BCUT2D eigenvalue weighted by atomic mass is 16.7. The molecule has 0 spiro atoms. The molecule has 1 aromatic carbocycles. The fourth-order valence-electron chi connectivity index (χ4n) is 5.92. The van der Waals surface area contributed by atoms with E-state index in [0.29, 0.717) is 12.8 Å². The molecular formula is C36H63NO8. The minimum absolute atomic E-state index is 0.242. The summed E-state index contributed by atoms with van der Waals surface area (Å²) in [6.07, 6.45) is 10.0. The number of hydrogen-bond acceptors (Lipinski definition) is 8. The smallest absolute Gasteiger partial charge is 0.220 e. The molecule has 0 aromatic heterocycles. The van der Waals surface area contributed by atoms with Gasteiger partial charge in [-0.15, -0.1) is 0 Å². The third-order valence-corrected chi connectivity index (χ3v) is 8.97. The van der Waals surface area contributed by atoms with E-state index in [1.165, 1.54) is 63.4 Å². The van der Waals surface area contributed by atoms with Crippen LogP contribution in [0.5, 0.6) is 0 Å². The normalized spacial score (nSPS) is 23.8. The number of benzene rings is 1. The SMILES string of the molecule is CCCCCCCCCCCCCC[C@@H](O)[C@@H](O)[C@H](CO[C@H]1O[C@H](C)[C@H](O)[C@H](O)[C@H]1O)NC(=O)CCCCCc1ccccc1. The molecule has 0 saturated carbocycles. The molecule has 0 aliphatic carbocycles. The molecule has 0 bridgehead atoms. The Kier molecular flexibility index (Phi) is 20.8. The first-order valence-electron chi connectivity index (χ1n) is 17.7. The Balaban J connectivity index is 1.77. The van der Waals surface area contributed by atoms with Crippen LogP contribution in [0.2, 0.25) is 0 Å². The van der Waals surface area contributed by atoms with Crippen molar-refractivity contribution in [2.75, 3.05) is 6.61 Å². The van der Waals surface area contributed by atoms with Crippen molar-refractivity contribution in [2.45, 2.75) is 178 Å². The van der Waals surface area contributed by atoms with E-state index in [2.05, 4.69) is 24.4 Å². The number of aliphatic hydroxyl groups excluding tert-OH is 5. The topological polar surface area (TPSA) is 149 Å². The highest BCUT2D eigenvalue weighted by Gasteiger charge is 2.43. The molecule has 2 rings (SSSR count). The maximum absolute atomic E-state index is 12.8. The lowest BCUT2D eigenvalue weighted by molar-refractivity contribution is -0.295. The van der Waals surface area contributed by atoms with E-state index in [-0.39, 0.29) is 18.9 Å². The number of aliphatic hydroxyl groups is 5. The van der Waals surface area contributed by atoms with E-state index in [4.69, 9.17) is 9.47 Å². The van der Waals surface area contributed by atoms with Crippen LogP contribution < -0.4 is 5.32 Å². The predicted molar refractivity (Wildman–Crippen MR) is 177 cm³/mol. The van der Waals surface area contributed by atoms with Gasteiger partial charge in [-0.05, 0) is 38.2 Å². The molecule has 8 atom stereocenters. The molecule has 1 aliphatic rings. The van der Waals surface area contributed by atoms with Gasteiger partial charge in [0.05, 0.1) is 24.9 Å². The van der Waals surface area contributed by atoms with E-state index in [9.17, 15) is 30.3 Å². The molecule has 1 aromatic rings. The van der Waals surface area contributed by atoms with Crippen LogP contribution in [-0.4, -0.2) is 87.0 Å². The first kappa shape index (κ1) is 39.6. The number of amides is 1. The second-order valence-corrected chi connectivity index (χ2v) is 13.0. The fourth-order valence-corrected chi connectivity index (χ4v) is 5.92. The lowest BCUT2D eigenvalue weighted by atomic mass is 9.98. The van der Waals surface area contributed by atoms with Crippen molar-refractivity contribution in [1.29, 1.82) is 0 Å². The summed E-state index contributed by atoms with van der Waals surface area (Å²) < 4.78 is 11.2. The molecule has 45 heavy (non-hydrogen) atoms. The lowest BCUT2D eigenvalue weighted by Gasteiger charge is -2.39. The largest absolute Gasteiger partial charge is 0.390 e. The quantitative estimate of drug-likeness (QED) is 0.0827. The molecule has 9 heteroatoms. The van der Waals surface area contributed by atoms with Gasteiger partial charge in [0, 0.05) is 6.42 Å². The van der Waals surface area contributed by atoms with E-state index >= 15 is 0 Å². The monoisotopic (exact) mass is 637 g/mol. The molecule has 1 amide bonds. The minimum atomic E-state index is -1.50. The van der Waals surface area contributed by atoms with E-state index < -0.39 is 49.0 Å². The molecule has 0 radical (unpaired) electrons. The first-order chi connectivity index (χ1) is 21.7. The summed E-state index contributed by atoms with van der Waals surface area (Å²) in [6, 6.07) is 9.27. The first-order valence-corrected chi connectivity index (χ1v) is 17.7. The van der Waals surface area contributed by atoms with E-state index in [1.54, 1.807) is 6.92 Å². The lowest BCUT2D eigenvalue weighted by Crippen LogP contribution is -2.58. The Labute approximate surface area is 271 Å². The molecule has 1 heterocycles. The summed E-state index contributed by atoms with van der Waals surface area (Å²) >= 11 is 0. The van der Waals surface area contributed by atoms with Crippen LogP contribution in [0.25, 0.3) is 0 Å². The van der Waals surface area contributed by atoms with Crippen molar-refractivity contribution in [3.63, 3.8) is 0 Å². The maximum Gasteiger partial charge on any atom is 0.220 e. The third kappa shape index (κ3) is 16.2. The van der Waals surface area contributed by atoms with Crippen molar-refractivity contribution in [1.82, 2.24) is 5.32 Å². The van der Waals surface area contributed by atoms with Gasteiger partial charge in [0.2, 0.25) is 5.91 Å². The van der Waals surface area contributed by atoms with Gasteiger partial charge in [-0.25, -0.2) is 0 Å². The van der Waals surface area contributed by atoms with Gasteiger partial charge in [0.15, 0.2) is 6.29 Å². The van der Waals surface area contributed by atoms with Crippen LogP contribution >= 0.6 is 0 Å². The van der Waals surface area contributed by atoms with E-state index in [0.717, 1.165) is 38.5 Å². The predicted octanol–water partition coefficient (Wildman–Crippen LogP) is 4.93. The van der Waals surface area contributed by atoms with Crippen LogP contribution in [0.4, 0.5) is 0 Å². The highest BCUT2D eigenvalue weighted by Crippen LogP contribution is 2.23. The van der Waals surface area contributed by atoms with Crippen LogP contribution in [0.3, 0.4) is 0 Å². The van der Waals surface area contributed by atoms with Crippen LogP contribution in [0.1, 0.15) is 129 Å². The summed E-state index contributed by atoms with van der Waals surface area (Å²) in [7, 11) is 0. The van der Waals surface area contributed by atoms with Crippen molar-refractivity contribution in [3.05, 3.63) is 35.9 Å². The maximum atomic E-state index is 12.8. The minimum Gasteiger partial charge on any atom is -0.390 e. The zero-order valence-corrected chi connectivity index (χ0v) is 27.9. The number of carbonyl (C=O) groups excluding carboxylic acids is 1. The van der Waals surface area contributed by atoms with Crippen molar-refractivity contribution in [2.24, 2.45) is 0 Å². The summed E-state index contributed by atoms with van der Waals surface area (Å²) in [5, 5.41) is 55.1. The van der Waals surface area contributed by atoms with Crippen LogP contribution in [0.15, 0.2) is 30.3 Å². The highest BCUT2D eigenvalue weighted by molar-refractivity contribution is 5.76. The molecule has 1 fully saturated rings. The van der Waals surface area contributed by atoms with Gasteiger partial charge in [0.25, 0.3) is 0 Å². The average molecular weight is 638 g/mol. The number of nitrogens with one attached hydrogen (secondary N) is 1. The van der Waals surface area contributed by atoms with Crippen LogP contribution in [0, 0.1) is 0 Å². The van der Waals surface area contributed by atoms with Gasteiger partial charge in [-0.2, -0.15) is 0 Å². The molecule has 0 unspecified atom stereocenters. The van der Waals surface area contributed by atoms with Gasteiger partial charge in [0.1, 0.15) is 24.4 Å². The molecule has 6 N–H and O–H groups in total. The van der Waals surface area contributed by atoms with Crippen molar-refractivity contribution in [3.8, 4) is 0 Å². The zero-order chi connectivity index (χ0) is 32.9. The molecular weight excluding hydrogens is 574 g/mol. The standard InChI is InChI=1S/C36H63NO8/c1-3-4-5-6-7-8-9-10-11-12-13-19-24-30(38)33(41)29(26-44-36-35(43)34(42)32(40)27(2)45-36)37-31(39)25-20-15-18-23-28-21-16-14-17-22-28/h14,16-17,21-22,27,29-30,32-36,38,40-43H,3-13,15,18-20,23-26H2,1-2H3,(H,37,39)/t27-,29+,30-,32+,33+,34+,35-,36+/m1/s1. The Hall–Kier alpha value is -1.59. The second kappa shape index (κ2) is 23.7. The third-order valence-electron chi connectivity index (χ3n) is 8.97. The molecule has 1 saturated heterocycles. The van der Waals surface area contributed by atoms with Crippen molar-refractivity contribution >= 4 is 5.91 Å². The average Bonchev–Trinajstić information content (AvgIpc) is 3.04. The number of unbranched alkanes of at least 4 members (excludes halogenated alkanes) is 13. The van der Waals surface area contributed by atoms with Gasteiger partial charge >= 0.3 is 0 Å².